The van der Waals surface area contributed by atoms with Crippen LogP contribution in [0.5, 0.6) is 0 Å². The van der Waals surface area contributed by atoms with Gasteiger partial charge in [0.05, 0.1) is 18.1 Å². The van der Waals surface area contributed by atoms with Crippen LogP contribution < -0.4 is 0 Å². The molecule has 0 saturated carbocycles. The third kappa shape index (κ3) is 3.69. The number of fused-ring (bicyclic) bond motifs is 1. The monoisotopic (exact) mass is 394 g/mol. The van der Waals surface area contributed by atoms with Gasteiger partial charge in [0, 0.05) is 26.1 Å². The van der Waals surface area contributed by atoms with Crippen molar-refractivity contribution in [1.29, 1.82) is 0 Å². The number of benzene rings is 1. The van der Waals surface area contributed by atoms with Gasteiger partial charge in [-0.05, 0) is 31.9 Å². The van der Waals surface area contributed by atoms with Crippen molar-refractivity contribution in [3.8, 4) is 0 Å². The molecule has 146 valence electrons. The van der Waals surface area contributed by atoms with Crippen LogP contribution in [0.1, 0.15) is 36.5 Å². The Labute approximate surface area is 158 Å². The third-order valence-corrected chi connectivity index (χ3v) is 6.68. The lowest BCUT2D eigenvalue weighted by Crippen LogP contribution is -2.44. The highest BCUT2D eigenvalue weighted by molar-refractivity contribution is 7.90. The average Bonchev–Trinajstić information content (AvgIpc) is 2.86. The summed E-state index contributed by atoms with van der Waals surface area (Å²) in [5, 5.41) is 0. The number of piperidine rings is 1. The quantitative estimate of drug-likeness (QED) is 0.691. The number of carbonyl (C=O) groups is 3. The molecule has 0 radical (unpaired) electrons. The van der Waals surface area contributed by atoms with Crippen LogP contribution in [-0.4, -0.2) is 61.6 Å². The van der Waals surface area contributed by atoms with Gasteiger partial charge in [-0.3, -0.25) is 14.4 Å². The Hall–Kier alpha value is -2.42. The van der Waals surface area contributed by atoms with E-state index in [0.29, 0.717) is 26.0 Å². The van der Waals surface area contributed by atoms with Gasteiger partial charge in [0.1, 0.15) is 4.90 Å². The minimum atomic E-state index is -3.91. The molecule has 0 aliphatic carbocycles. The molecule has 2 aliphatic heterocycles. The number of hydrogen-bond donors (Lipinski definition) is 0. The summed E-state index contributed by atoms with van der Waals surface area (Å²) in [7, 11) is -3.91. The number of ether oxygens (including phenoxy) is 1. The Kier molecular flexibility index (Phi) is 5.50. The number of sulfonamides is 1. The summed E-state index contributed by atoms with van der Waals surface area (Å²) in [6.07, 6.45) is 1.23. The lowest BCUT2D eigenvalue weighted by atomic mass is 9.98. The van der Waals surface area contributed by atoms with Crippen LogP contribution in [0, 0.1) is 5.92 Å². The van der Waals surface area contributed by atoms with Crippen molar-refractivity contribution < 1.29 is 27.5 Å². The highest BCUT2D eigenvalue weighted by atomic mass is 32.2. The van der Waals surface area contributed by atoms with E-state index < -0.39 is 15.9 Å². The maximum absolute atomic E-state index is 12.5. The standard InChI is InChI=1S/C18H22N2O6S/c1-2-26-18(23)13-6-5-10-19(12-13)16(21)9-11-20-17(22)14-7-3-4-8-15(14)27(20,24)25/h3-4,7-8,13H,2,5-6,9-12H2,1H3/t13-/m1/s1. The van der Waals surface area contributed by atoms with E-state index in [-0.39, 0.29) is 47.8 Å². The second-order valence-electron chi connectivity index (χ2n) is 6.56. The highest BCUT2D eigenvalue weighted by Crippen LogP contribution is 2.30. The van der Waals surface area contributed by atoms with E-state index in [1.165, 1.54) is 12.1 Å². The lowest BCUT2D eigenvalue weighted by molar-refractivity contribution is -0.151. The van der Waals surface area contributed by atoms with Gasteiger partial charge in [0.2, 0.25) is 5.91 Å². The maximum atomic E-state index is 12.5. The zero-order valence-corrected chi connectivity index (χ0v) is 15.9. The Morgan fingerprint density at radius 3 is 2.70 bits per heavy atom. The lowest BCUT2D eigenvalue weighted by Gasteiger charge is -2.32. The minimum absolute atomic E-state index is 0.0252. The third-order valence-electron chi connectivity index (χ3n) is 4.83. The molecule has 1 fully saturated rings. The zero-order valence-electron chi connectivity index (χ0n) is 15.1. The molecule has 3 rings (SSSR count). The van der Waals surface area contributed by atoms with Crippen molar-refractivity contribution in [2.24, 2.45) is 5.92 Å². The molecule has 0 bridgehead atoms. The first-order valence-corrected chi connectivity index (χ1v) is 10.4. The molecule has 2 amide bonds. The van der Waals surface area contributed by atoms with Crippen molar-refractivity contribution in [1.82, 2.24) is 9.21 Å². The smallest absolute Gasteiger partial charge is 0.310 e. The summed E-state index contributed by atoms with van der Waals surface area (Å²) < 4.78 is 30.8. The second kappa shape index (κ2) is 7.67. The Bertz CT molecular complexity index is 866. The predicted molar refractivity (Wildman–Crippen MR) is 95.2 cm³/mol. The molecule has 2 aliphatic rings. The van der Waals surface area contributed by atoms with E-state index in [2.05, 4.69) is 0 Å². The van der Waals surface area contributed by atoms with Crippen molar-refractivity contribution in [3.63, 3.8) is 0 Å². The Balaban J connectivity index is 1.63. The van der Waals surface area contributed by atoms with E-state index in [4.69, 9.17) is 4.74 Å². The number of carbonyl (C=O) groups excluding carboxylic acids is 3. The normalized spacial score (nSPS) is 21.1. The fraction of sp³-hybridized carbons (Fsp3) is 0.500. The van der Waals surface area contributed by atoms with E-state index in [1.807, 2.05) is 0 Å². The number of hydrogen-bond acceptors (Lipinski definition) is 6. The topological polar surface area (TPSA) is 101 Å². The minimum Gasteiger partial charge on any atom is -0.466 e. The largest absolute Gasteiger partial charge is 0.466 e. The molecule has 2 heterocycles. The van der Waals surface area contributed by atoms with E-state index in [9.17, 15) is 22.8 Å². The van der Waals surface area contributed by atoms with Gasteiger partial charge < -0.3 is 9.64 Å². The van der Waals surface area contributed by atoms with Crippen molar-refractivity contribution in [2.45, 2.75) is 31.1 Å². The average molecular weight is 394 g/mol. The van der Waals surface area contributed by atoms with Crippen molar-refractivity contribution >= 4 is 27.8 Å². The van der Waals surface area contributed by atoms with Crippen LogP contribution in [0.2, 0.25) is 0 Å². The molecule has 1 saturated heterocycles. The van der Waals surface area contributed by atoms with Gasteiger partial charge in [0.15, 0.2) is 0 Å². The molecule has 1 atom stereocenters. The molecular weight excluding hydrogens is 372 g/mol. The van der Waals surface area contributed by atoms with Crippen LogP contribution in [0.3, 0.4) is 0 Å². The number of rotatable bonds is 5. The summed E-state index contributed by atoms with van der Waals surface area (Å²) in [5.41, 5.74) is 0.130. The van der Waals surface area contributed by atoms with Crippen LogP contribution >= 0.6 is 0 Å². The van der Waals surface area contributed by atoms with E-state index in [1.54, 1.807) is 24.0 Å². The molecule has 0 N–H and O–H groups in total. The molecule has 27 heavy (non-hydrogen) atoms. The summed E-state index contributed by atoms with van der Waals surface area (Å²) in [5.74, 6) is -1.56. The van der Waals surface area contributed by atoms with Crippen LogP contribution in [0.4, 0.5) is 0 Å². The maximum Gasteiger partial charge on any atom is 0.310 e. The number of likely N-dealkylation sites (tertiary alicyclic amines) is 1. The predicted octanol–water partition coefficient (Wildman–Crippen LogP) is 1.02. The second-order valence-corrected chi connectivity index (χ2v) is 8.39. The Morgan fingerprint density at radius 1 is 1.26 bits per heavy atom. The first-order valence-electron chi connectivity index (χ1n) is 8.96. The van der Waals surface area contributed by atoms with Gasteiger partial charge in [-0.15, -0.1) is 0 Å². The van der Waals surface area contributed by atoms with Crippen LogP contribution in [0.15, 0.2) is 29.2 Å². The number of nitrogens with zero attached hydrogens (tertiary/aromatic N) is 2. The summed E-state index contributed by atoms with van der Waals surface area (Å²) >= 11 is 0. The van der Waals surface area contributed by atoms with Gasteiger partial charge in [-0.1, -0.05) is 12.1 Å². The van der Waals surface area contributed by atoms with Crippen LogP contribution in [0.25, 0.3) is 0 Å². The van der Waals surface area contributed by atoms with Gasteiger partial charge in [0.25, 0.3) is 15.9 Å². The molecule has 0 unspecified atom stereocenters. The summed E-state index contributed by atoms with van der Waals surface area (Å²) in [4.78, 5) is 38.3. The van der Waals surface area contributed by atoms with Gasteiger partial charge >= 0.3 is 5.97 Å². The molecule has 0 spiro atoms. The first kappa shape index (κ1) is 19.3. The number of esters is 1. The van der Waals surface area contributed by atoms with Crippen LogP contribution in [-0.2, 0) is 24.3 Å². The van der Waals surface area contributed by atoms with Gasteiger partial charge in [-0.2, -0.15) is 0 Å². The Morgan fingerprint density at radius 2 is 2.00 bits per heavy atom. The van der Waals surface area contributed by atoms with Crippen molar-refractivity contribution in [2.75, 3.05) is 26.2 Å². The molecule has 9 heteroatoms. The van der Waals surface area contributed by atoms with E-state index in [0.717, 1.165) is 4.31 Å². The molecular formula is C18H22N2O6S. The molecule has 1 aromatic rings. The number of amides is 2. The fourth-order valence-corrected chi connectivity index (χ4v) is 5.03. The molecule has 0 aromatic heterocycles. The van der Waals surface area contributed by atoms with Crippen molar-refractivity contribution in [3.05, 3.63) is 29.8 Å². The molecule has 8 nitrogen and oxygen atoms in total. The fourth-order valence-electron chi connectivity index (χ4n) is 3.46. The zero-order chi connectivity index (χ0) is 19.6. The SMILES string of the molecule is CCOC(=O)[C@@H]1CCCN(C(=O)CCN2C(=O)c3ccccc3S2(=O)=O)C1. The van der Waals surface area contributed by atoms with E-state index >= 15 is 0 Å². The van der Waals surface area contributed by atoms with Gasteiger partial charge in [-0.25, -0.2) is 12.7 Å². The molecule has 1 aromatic carbocycles. The summed E-state index contributed by atoms with van der Waals surface area (Å²) in [6, 6.07) is 6.01. The summed E-state index contributed by atoms with van der Waals surface area (Å²) in [6.45, 7) is 2.58. The first-order chi connectivity index (χ1) is 12.9. The highest BCUT2D eigenvalue weighted by Gasteiger charge is 2.41.